The van der Waals surface area contributed by atoms with Crippen LogP contribution in [0.25, 0.3) is 0 Å². The van der Waals surface area contributed by atoms with Gasteiger partial charge in [-0.15, -0.1) is 0 Å². The third-order valence-electron chi connectivity index (χ3n) is 8.70. The van der Waals surface area contributed by atoms with Crippen LogP contribution < -0.4 is 26.2 Å². The summed E-state index contributed by atoms with van der Waals surface area (Å²) in [4.78, 5) is 51.0. The topological polar surface area (TPSA) is 147 Å². The van der Waals surface area contributed by atoms with Crippen LogP contribution in [0, 0.1) is 11.8 Å². The van der Waals surface area contributed by atoms with Gasteiger partial charge in [-0.25, -0.2) is 4.79 Å². The van der Waals surface area contributed by atoms with E-state index in [2.05, 4.69) is 33.1 Å². The molecule has 3 aliphatic rings. The van der Waals surface area contributed by atoms with E-state index in [0.717, 1.165) is 47.4 Å². The lowest BCUT2D eigenvalue weighted by Crippen LogP contribution is -2.36. The van der Waals surface area contributed by atoms with Gasteiger partial charge in [-0.05, 0) is 36.6 Å². The number of benzene rings is 2. The van der Waals surface area contributed by atoms with Crippen LogP contribution in [-0.2, 0) is 35.1 Å². The van der Waals surface area contributed by atoms with Gasteiger partial charge >= 0.3 is 6.03 Å². The van der Waals surface area contributed by atoms with Crippen molar-refractivity contribution in [3.05, 3.63) is 65.2 Å². The molecule has 5 amide bonds. The third-order valence-corrected chi connectivity index (χ3v) is 10.2. The first kappa shape index (κ1) is 37.2. The average Bonchev–Trinajstić information content (AvgIpc) is 3.67. The second-order valence-electron chi connectivity index (χ2n) is 12.3. The molecule has 0 aliphatic carbocycles. The number of carbonyl (C=O) groups excluding carboxylic acids is 4. The molecule has 0 unspecified atom stereocenters. The van der Waals surface area contributed by atoms with Gasteiger partial charge in [0.05, 0.1) is 64.0 Å². The number of nitrogens with one attached hydrogen (secondary N) is 4. The molecule has 3 aliphatic heterocycles. The van der Waals surface area contributed by atoms with Crippen LogP contribution in [0.1, 0.15) is 55.2 Å². The molecular weight excluding hydrogens is 659 g/mol. The highest BCUT2D eigenvalue weighted by Crippen LogP contribution is 2.33. The van der Waals surface area contributed by atoms with Gasteiger partial charge in [0.1, 0.15) is 0 Å². The largest absolute Gasteiger partial charge is 0.377 e. The van der Waals surface area contributed by atoms with Gasteiger partial charge in [0.25, 0.3) is 0 Å². The Kier molecular flexibility index (Phi) is 14.8. The van der Waals surface area contributed by atoms with Gasteiger partial charge in [-0.1, -0.05) is 48.6 Å². The number of unbranched alkanes of at least 4 members (excludes halogenated alkanes) is 1. The van der Waals surface area contributed by atoms with Crippen LogP contribution in [0.2, 0.25) is 0 Å². The lowest BCUT2D eigenvalue weighted by Gasteiger charge is -2.26. The molecule has 2 aromatic rings. The molecule has 0 aromatic heterocycles. The fourth-order valence-electron chi connectivity index (χ4n) is 6.08. The Bertz CT molecular complexity index is 1530. The van der Waals surface area contributed by atoms with Gasteiger partial charge in [0.15, 0.2) is 0 Å². The van der Waals surface area contributed by atoms with E-state index in [0.29, 0.717) is 70.9 Å². The maximum atomic E-state index is 13.3. The van der Waals surface area contributed by atoms with Gasteiger partial charge in [0, 0.05) is 54.5 Å². The Morgan fingerprint density at radius 1 is 0.780 bits per heavy atom. The highest BCUT2D eigenvalue weighted by Gasteiger charge is 2.42. The monoisotopic (exact) mass is 705 g/mol. The van der Waals surface area contributed by atoms with Crippen molar-refractivity contribution in [3.8, 4) is 11.8 Å². The minimum atomic E-state index is -0.206. The van der Waals surface area contributed by atoms with Gasteiger partial charge in [-0.2, -0.15) is 11.8 Å². The van der Waals surface area contributed by atoms with E-state index in [-0.39, 0.29) is 48.7 Å². The molecule has 0 spiro atoms. The predicted octanol–water partition coefficient (Wildman–Crippen LogP) is 2.72. The third kappa shape index (κ3) is 11.5. The van der Waals surface area contributed by atoms with Crippen LogP contribution in [0.3, 0.4) is 0 Å². The number of carbonyl (C=O) groups is 4. The number of ether oxygens (including phenoxy) is 3. The summed E-state index contributed by atoms with van der Waals surface area (Å²) in [5.74, 6) is 7.03. The highest BCUT2D eigenvalue weighted by molar-refractivity contribution is 8.00. The maximum absolute atomic E-state index is 13.3. The summed E-state index contributed by atoms with van der Waals surface area (Å²) in [6.07, 6.45) is 3.44. The molecule has 0 bridgehead atoms. The van der Waals surface area contributed by atoms with E-state index in [4.69, 9.17) is 14.2 Å². The second-order valence-corrected chi connectivity index (χ2v) is 13.6. The molecule has 0 saturated carbocycles. The van der Waals surface area contributed by atoms with Crippen molar-refractivity contribution in [2.75, 3.05) is 63.4 Å². The predicted molar refractivity (Wildman–Crippen MR) is 192 cm³/mol. The van der Waals surface area contributed by atoms with E-state index < -0.39 is 0 Å². The van der Waals surface area contributed by atoms with Crippen molar-refractivity contribution in [2.45, 2.75) is 62.4 Å². The molecule has 2 fully saturated rings. The molecular formula is C37H47N5O7S. The Morgan fingerprint density at radius 3 is 2.18 bits per heavy atom. The molecule has 0 radical (unpaired) electrons. The van der Waals surface area contributed by atoms with Crippen LogP contribution in [0.15, 0.2) is 48.5 Å². The molecule has 5 rings (SSSR count). The molecule has 13 heteroatoms. The lowest BCUT2D eigenvalue weighted by atomic mass is 10.0. The number of hydrogen-bond donors (Lipinski definition) is 4. The van der Waals surface area contributed by atoms with E-state index in [1.807, 2.05) is 60.3 Å². The van der Waals surface area contributed by atoms with Crippen molar-refractivity contribution >= 4 is 41.2 Å². The fraction of sp³-hybridized carbons (Fsp3) is 0.514. The fourth-order valence-corrected chi connectivity index (χ4v) is 7.62. The SMILES string of the molecule is O=C(CCCC[C@@H]1SC[C@@H]2NC(=O)N[C@@H]21)NCCOCCOCCOCCNC(=O)CCC(=O)N1Cc2ccccc2C#Cc2ccccc21. The molecule has 2 aromatic carbocycles. The molecule has 3 heterocycles. The summed E-state index contributed by atoms with van der Waals surface area (Å²) < 4.78 is 16.6. The number of anilines is 1. The number of thioether (sulfide) groups is 1. The summed E-state index contributed by atoms with van der Waals surface area (Å²) in [5.41, 5.74) is 3.40. The highest BCUT2D eigenvalue weighted by atomic mass is 32.2. The minimum Gasteiger partial charge on any atom is -0.377 e. The Balaban J connectivity index is 0.820. The van der Waals surface area contributed by atoms with Crippen molar-refractivity contribution in [1.29, 1.82) is 0 Å². The van der Waals surface area contributed by atoms with Crippen LogP contribution in [0.4, 0.5) is 10.5 Å². The molecule has 3 atom stereocenters. The number of rotatable bonds is 20. The van der Waals surface area contributed by atoms with Gasteiger partial charge < -0.3 is 40.4 Å². The summed E-state index contributed by atoms with van der Waals surface area (Å²) in [6.45, 7) is 3.56. The number of amides is 5. The number of urea groups is 1. The van der Waals surface area contributed by atoms with Crippen molar-refractivity contribution in [2.24, 2.45) is 0 Å². The van der Waals surface area contributed by atoms with Crippen LogP contribution in [-0.4, -0.2) is 99.6 Å². The van der Waals surface area contributed by atoms with Crippen molar-refractivity contribution < 1.29 is 33.4 Å². The first-order valence-electron chi connectivity index (χ1n) is 17.4. The molecule has 12 nitrogen and oxygen atoms in total. The second kappa shape index (κ2) is 19.9. The Morgan fingerprint density at radius 2 is 1.42 bits per heavy atom. The van der Waals surface area contributed by atoms with E-state index in [1.165, 1.54) is 0 Å². The van der Waals surface area contributed by atoms with E-state index in [1.54, 1.807) is 4.90 Å². The van der Waals surface area contributed by atoms with Crippen molar-refractivity contribution in [3.63, 3.8) is 0 Å². The van der Waals surface area contributed by atoms with Crippen LogP contribution in [0.5, 0.6) is 0 Å². The van der Waals surface area contributed by atoms with Crippen molar-refractivity contribution in [1.82, 2.24) is 21.3 Å². The molecule has 268 valence electrons. The van der Waals surface area contributed by atoms with Gasteiger partial charge in [-0.3, -0.25) is 14.4 Å². The number of fused-ring (bicyclic) bond motifs is 3. The summed E-state index contributed by atoms with van der Waals surface area (Å²) in [7, 11) is 0. The maximum Gasteiger partial charge on any atom is 0.315 e. The Labute approximate surface area is 298 Å². The Hall–Kier alpha value is -4.09. The summed E-state index contributed by atoms with van der Waals surface area (Å²) in [5, 5.41) is 12.1. The zero-order chi connectivity index (χ0) is 35.0. The average molecular weight is 706 g/mol. The van der Waals surface area contributed by atoms with Gasteiger partial charge in [0.2, 0.25) is 17.7 Å². The number of nitrogens with zero attached hydrogens (tertiary/aromatic N) is 1. The number of hydrogen-bond acceptors (Lipinski definition) is 8. The summed E-state index contributed by atoms with van der Waals surface area (Å²) in [6, 6.07) is 15.8. The number of para-hydroxylation sites is 1. The molecule has 4 N–H and O–H groups in total. The first-order chi connectivity index (χ1) is 24.5. The summed E-state index contributed by atoms with van der Waals surface area (Å²) >= 11 is 1.89. The first-order valence-corrected chi connectivity index (χ1v) is 18.5. The van der Waals surface area contributed by atoms with E-state index >= 15 is 0 Å². The minimum absolute atomic E-state index is 0.0241. The molecule has 2 saturated heterocycles. The standard InChI is InChI=1S/C37H47N5O7S/c43-33(12-6-5-11-32-36-30(26-50-32)40-37(46)41-36)38-17-19-47-21-23-49-24-22-48-20-18-39-34(44)15-16-35(45)42-25-29-9-2-1-7-27(29)13-14-28-8-3-4-10-31(28)42/h1-4,7-10,30,32,36H,5-6,11-12,15-26H2,(H,38,43)(H,39,44)(H2,40,41,46)/t30-,32-,36-/m0/s1. The molecule has 50 heavy (non-hydrogen) atoms. The zero-order valence-electron chi connectivity index (χ0n) is 28.4. The lowest BCUT2D eigenvalue weighted by molar-refractivity contribution is -0.125. The zero-order valence-corrected chi connectivity index (χ0v) is 29.2. The quantitative estimate of drug-likeness (QED) is 0.0935. The van der Waals surface area contributed by atoms with E-state index in [9.17, 15) is 19.2 Å². The normalized spacial score (nSPS) is 18.7. The van der Waals surface area contributed by atoms with Crippen LogP contribution >= 0.6 is 11.8 Å². The smallest absolute Gasteiger partial charge is 0.315 e.